The first-order valence-electron chi connectivity index (χ1n) is 7.67. The Morgan fingerprint density at radius 2 is 2.42 bits per heavy atom. The fraction of sp³-hybridized carbons (Fsp3) is 0.333. The second-order valence-corrected chi connectivity index (χ2v) is 6.45. The van der Waals surface area contributed by atoms with Crippen LogP contribution < -0.4 is 10.2 Å². The lowest BCUT2D eigenvalue weighted by atomic mass is 10.2. The molecule has 1 saturated heterocycles. The highest BCUT2D eigenvalue weighted by atomic mass is 32.1. The van der Waals surface area contributed by atoms with Gasteiger partial charge < -0.3 is 9.32 Å². The van der Waals surface area contributed by atoms with E-state index >= 15 is 0 Å². The third kappa shape index (κ3) is 2.78. The number of hydrogen-bond donors (Lipinski definition) is 2. The number of H-pyrrole nitrogens is 1. The van der Waals surface area contributed by atoms with E-state index < -0.39 is 0 Å². The lowest BCUT2D eigenvalue weighted by Gasteiger charge is -2.22. The smallest absolute Gasteiger partial charge is 0.249 e. The zero-order valence-corrected chi connectivity index (χ0v) is 13.8. The number of carbonyl (C=O) groups excluding carboxylic acids is 1. The van der Waals surface area contributed by atoms with Crippen molar-refractivity contribution in [1.29, 1.82) is 0 Å². The Hall–Kier alpha value is -2.68. The van der Waals surface area contributed by atoms with Crippen LogP contribution in [0.1, 0.15) is 18.6 Å². The molecule has 8 nitrogen and oxygen atoms in total. The van der Waals surface area contributed by atoms with Crippen molar-refractivity contribution in [2.75, 3.05) is 16.8 Å². The number of nitrogens with zero attached hydrogens (tertiary/aromatic N) is 4. The highest BCUT2D eigenvalue weighted by Crippen LogP contribution is 2.28. The molecule has 0 spiro atoms. The molecule has 0 radical (unpaired) electrons. The summed E-state index contributed by atoms with van der Waals surface area (Å²) in [6.07, 6.45) is 3.50. The van der Waals surface area contributed by atoms with Gasteiger partial charge in [-0.05, 0) is 31.9 Å². The van der Waals surface area contributed by atoms with Gasteiger partial charge in [0.2, 0.25) is 11.9 Å². The van der Waals surface area contributed by atoms with E-state index in [1.165, 1.54) is 11.3 Å². The normalized spacial score (nSPS) is 17.4. The van der Waals surface area contributed by atoms with Crippen molar-refractivity contribution < 1.29 is 9.21 Å². The molecule has 1 aliphatic heterocycles. The number of thiazole rings is 1. The van der Waals surface area contributed by atoms with Crippen molar-refractivity contribution in [3.8, 4) is 11.6 Å². The molecule has 24 heavy (non-hydrogen) atoms. The number of nitrogens with one attached hydrogen (secondary N) is 2. The summed E-state index contributed by atoms with van der Waals surface area (Å²) >= 11 is 1.54. The van der Waals surface area contributed by atoms with Gasteiger partial charge in [-0.1, -0.05) is 0 Å². The van der Waals surface area contributed by atoms with Gasteiger partial charge in [0.25, 0.3) is 0 Å². The number of hydrogen-bond acceptors (Lipinski definition) is 7. The summed E-state index contributed by atoms with van der Waals surface area (Å²) in [4.78, 5) is 23.2. The van der Waals surface area contributed by atoms with E-state index in [0.717, 1.165) is 30.3 Å². The van der Waals surface area contributed by atoms with Crippen LogP contribution in [0.15, 0.2) is 28.1 Å². The average Bonchev–Trinajstić information content (AvgIpc) is 3.34. The molecule has 1 aliphatic rings. The molecule has 1 atom stereocenters. The van der Waals surface area contributed by atoms with Crippen LogP contribution in [0.25, 0.3) is 11.6 Å². The van der Waals surface area contributed by atoms with E-state index in [2.05, 4.69) is 25.5 Å². The van der Waals surface area contributed by atoms with Gasteiger partial charge in [-0.25, -0.2) is 4.98 Å². The van der Waals surface area contributed by atoms with Gasteiger partial charge in [0.1, 0.15) is 11.8 Å². The van der Waals surface area contributed by atoms with Crippen LogP contribution in [-0.4, -0.2) is 38.7 Å². The second kappa shape index (κ2) is 6.08. The molecular formula is C15H16N6O2S. The molecule has 3 aromatic rings. The molecule has 9 heteroatoms. The van der Waals surface area contributed by atoms with E-state index in [1.54, 1.807) is 6.20 Å². The maximum atomic E-state index is 12.6. The molecule has 124 valence electrons. The zero-order chi connectivity index (χ0) is 16.5. The molecule has 1 fully saturated rings. The Balaban J connectivity index is 1.47. The summed E-state index contributed by atoms with van der Waals surface area (Å²) in [6.45, 7) is 2.69. The molecule has 2 N–H and O–H groups in total. The predicted octanol–water partition coefficient (Wildman–Crippen LogP) is 2.44. The molecular weight excluding hydrogens is 328 g/mol. The molecule has 0 aliphatic carbocycles. The maximum absolute atomic E-state index is 12.6. The summed E-state index contributed by atoms with van der Waals surface area (Å²) in [7, 11) is 0. The summed E-state index contributed by atoms with van der Waals surface area (Å²) < 4.78 is 5.49. The highest BCUT2D eigenvalue weighted by molar-refractivity contribution is 7.13. The van der Waals surface area contributed by atoms with Crippen LogP contribution in [0.4, 0.5) is 11.1 Å². The van der Waals surface area contributed by atoms with E-state index in [9.17, 15) is 4.79 Å². The topological polar surface area (TPSA) is 99.9 Å². The van der Waals surface area contributed by atoms with Gasteiger partial charge in [-0.2, -0.15) is 4.98 Å². The van der Waals surface area contributed by atoms with E-state index in [4.69, 9.17) is 4.42 Å². The third-order valence-corrected chi connectivity index (χ3v) is 4.72. The van der Waals surface area contributed by atoms with Crippen molar-refractivity contribution >= 4 is 28.3 Å². The van der Waals surface area contributed by atoms with Gasteiger partial charge in [-0.3, -0.25) is 15.2 Å². The monoisotopic (exact) mass is 344 g/mol. The van der Waals surface area contributed by atoms with Gasteiger partial charge in [-0.15, -0.1) is 16.4 Å². The Bertz CT molecular complexity index is 840. The zero-order valence-electron chi connectivity index (χ0n) is 13.0. The lowest BCUT2D eigenvalue weighted by molar-refractivity contribution is -0.117. The van der Waals surface area contributed by atoms with Crippen molar-refractivity contribution in [3.63, 3.8) is 0 Å². The maximum Gasteiger partial charge on any atom is 0.249 e. The van der Waals surface area contributed by atoms with Crippen LogP contribution in [0, 0.1) is 6.92 Å². The highest BCUT2D eigenvalue weighted by Gasteiger charge is 2.32. The summed E-state index contributed by atoms with van der Waals surface area (Å²) in [6, 6.07) is 3.41. The fourth-order valence-corrected chi connectivity index (χ4v) is 3.53. The quantitative estimate of drug-likeness (QED) is 0.754. The minimum atomic E-state index is -0.246. The molecule has 0 unspecified atom stereocenters. The van der Waals surface area contributed by atoms with Gasteiger partial charge in [0.15, 0.2) is 16.7 Å². The Morgan fingerprint density at radius 3 is 3.17 bits per heavy atom. The fourth-order valence-electron chi connectivity index (χ4n) is 2.81. The van der Waals surface area contributed by atoms with Crippen LogP contribution in [-0.2, 0) is 4.79 Å². The van der Waals surface area contributed by atoms with Crippen LogP contribution in [0.3, 0.4) is 0 Å². The number of carbonyl (C=O) groups is 1. The SMILES string of the molecule is Cc1ccc(-c2nc(NC(=O)[C@@H]3CCCN3c3nccs3)n[nH]2)o1. The minimum Gasteiger partial charge on any atom is -0.458 e. The summed E-state index contributed by atoms with van der Waals surface area (Å²) in [5, 5.41) is 12.4. The molecule has 1 amide bonds. The number of aryl methyl sites for hydroxylation is 1. The van der Waals surface area contributed by atoms with Crippen molar-refractivity contribution in [1.82, 2.24) is 20.2 Å². The predicted molar refractivity (Wildman–Crippen MR) is 89.9 cm³/mol. The number of aromatic amines is 1. The van der Waals surface area contributed by atoms with Crippen LogP contribution in [0.2, 0.25) is 0 Å². The van der Waals surface area contributed by atoms with Gasteiger partial charge in [0, 0.05) is 18.1 Å². The largest absolute Gasteiger partial charge is 0.458 e. The van der Waals surface area contributed by atoms with Gasteiger partial charge in [0.05, 0.1) is 0 Å². The van der Waals surface area contributed by atoms with Crippen molar-refractivity contribution in [2.45, 2.75) is 25.8 Å². The molecule has 0 saturated carbocycles. The molecule has 4 heterocycles. The van der Waals surface area contributed by atoms with E-state index in [1.807, 2.05) is 29.3 Å². The van der Waals surface area contributed by atoms with Gasteiger partial charge >= 0.3 is 0 Å². The minimum absolute atomic E-state index is 0.121. The Labute approximate surface area is 141 Å². The Kier molecular flexibility index (Phi) is 3.77. The first-order valence-corrected chi connectivity index (χ1v) is 8.55. The number of rotatable bonds is 4. The number of amides is 1. The first-order chi connectivity index (χ1) is 11.7. The van der Waals surface area contributed by atoms with E-state index in [-0.39, 0.29) is 17.9 Å². The average molecular weight is 344 g/mol. The molecule has 0 aromatic carbocycles. The number of anilines is 2. The van der Waals surface area contributed by atoms with Crippen LogP contribution in [0.5, 0.6) is 0 Å². The van der Waals surface area contributed by atoms with E-state index in [0.29, 0.717) is 11.6 Å². The first kappa shape index (κ1) is 14.9. The molecule has 0 bridgehead atoms. The third-order valence-electron chi connectivity index (χ3n) is 3.91. The number of furan rings is 1. The van der Waals surface area contributed by atoms with Crippen molar-refractivity contribution in [2.24, 2.45) is 0 Å². The van der Waals surface area contributed by atoms with Crippen molar-refractivity contribution in [3.05, 3.63) is 29.5 Å². The summed E-state index contributed by atoms with van der Waals surface area (Å²) in [5.74, 6) is 1.99. The summed E-state index contributed by atoms with van der Waals surface area (Å²) in [5.41, 5.74) is 0. The standard InChI is InChI=1S/C15H16N6O2S/c1-9-4-5-11(23-9)12-17-14(20-19-12)18-13(22)10-3-2-7-21(10)15-16-6-8-24-15/h4-6,8,10H,2-3,7H2,1H3,(H2,17,18,19,20,22)/t10-/m0/s1. The number of aromatic nitrogens is 4. The van der Waals surface area contributed by atoms with Crippen LogP contribution >= 0.6 is 11.3 Å². The Morgan fingerprint density at radius 1 is 1.50 bits per heavy atom. The molecule has 3 aromatic heterocycles. The molecule has 4 rings (SSSR count). The second-order valence-electron chi connectivity index (χ2n) is 5.57. The lowest BCUT2D eigenvalue weighted by Crippen LogP contribution is -2.39.